The second kappa shape index (κ2) is 6.42. The van der Waals surface area contributed by atoms with Gasteiger partial charge in [-0.3, -0.25) is 10.1 Å². The summed E-state index contributed by atoms with van der Waals surface area (Å²) in [6.45, 7) is 3.45. The van der Waals surface area contributed by atoms with Gasteiger partial charge >= 0.3 is 11.9 Å². The number of esters is 1. The largest absolute Gasteiger partial charge is 0.480 e. The lowest BCUT2D eigenvalue weighted by molar-refractivity contribution is -0.384. The Kier molecular flexibility index (Phi) is 4.58. The lowest BCUT2D eigenvalue weighted by atomic mass is 10.1. The van der Waals surface area contributed by atoms with Crippen molar-refractivity contribution in [2.24, 2.45) is 5.10 Å². The summed E-state index contributed by atoms with van der Waals surface area (Å²) >= 11 is 0. The summed E-state index contributed by atoms with van der Waals surface area (Å²) in [5, 5.41) is 25.4. The Morgan fingerprint density at radius 3 is 2.78 bits per heavy atom. The van der Waals surface area contributed by atoms with E-state index >= 15 is 0 Å². The van der Waals surface area contributed by atoms with Crippen LogP contribution in [0.4, 0.5) is 11.4 Å². The van der Waals surface area contributed by atoms with Gasteiger partial charge in [0.25, 0.3) is 5.69 Å². The van der Waals surface area contributed by atoms with E-state index in [-0.39, 0.29) is 30.1 Å². The van der Waals surface area contributed by atoms with Crippen molar-refractivity contribution in [1.29, 1.82) is 0 Å². The van der Waals surface area contributed by atoms with Crippen molar-refractivity contribution in [1.82, 2.24) is 0 Å². The first-order chi connectivity index (χ1) is 10.8. The smallest absolute Gasteiger partial charge is 0.354 e. The fraction of sp³-hybridized carbons (Fsp3) is 0.357. The Labute approximate surface area is 131 Å². The Morgan fingerprint density at radius 1 is 1.52 bits per heavy atom. The summed E-state index contributed by atoms with van der Waals surface area (Å²) < 4.78 is 4.83. The number of benzene rings is 1. The first-order valence-electron chi connectivity index (χ1n) is 6.86. The van der Waals surface area contributed by atoms with Crippen molar-refractivity contribution in [3.8, 4) is 0 Å². The Balaban J connectivity index is 2.45. The summed E-state index contributed by atoms with van der Waals surface area (Å²) in [4.78, 5) is 33.5. The Bertz CT molecular complexity index is 700. The van der Waals surface area contributed by atoms with E-state index in [0.29, 0.717) is 5.56 Å². The number of hydrazone groups is 1. The zero-order valence-electron chi connectivity index (χ0n) is 12.6. The molecule has 0 amide bonds. The van der Waals surface area contributed by atoms with Crippen LogP contribution in [0.5, 0.6) is 0 Å². The van der Waals surface area contributed by atoms with E-state index in [1.54, 1.807) is 13.8 Å². The number of ether oxygens (including phenoxy) is 1. The third-order valence-corrected chi connectivity index (χ3v) is 3.36. The Hall–Kier alpha value is -2.97. The third kappa shape index (κ3) is 3.28. The van der Waals surface area contributed by atoms with E-state index in [4.69, 9.17) is 4.74 Å². The van der Waals surface area contributed by atoms with Gasteiger partial charge in [-0.25, -0.2) is 14.6 Å². The SMILES string of the molecule is CCOC(=O)C1=NN(c2cc([N+](=O)[O-])ccc2C)[C@@H](C(=O)O)C1. The van der Waals surface area contributed by atoms with Gasteiger partial charge in [-0.1, -0.05) is 6.07 Å². The molecule has 2 rings (SSSR count). The molecule has 0 saturated carbocycles. The van der Waals surface area contributed by atoms with Gasteiger partial charge in [-0.05, 0) is 19.4 Å². The van der Waals surface area contributed by atoms with E-state index in [1.165, 1.54) is 18.2 Å². The van der Waals surface area contributed by atoms with Gasteiger partial charge in [0.1, 0.15) is 5.71 Å². The van der Waals surface area contributed by atoms with Crippen molar-refractivity contribution < 1.29 is 24.4 Å². The number of aliphatic carboxylic acids is 1. The molecule has 1 aromatic carbocycles. The number of carboxylic acids is 1. The molecule has 122 valence electrons. The molecule has 1 aliphatic heterocycles. The molecule has 1 N–H and O–H groups in total. The molecule has 1 atom stereocenters. The number of nitro groups is 1. The van der Waals surface area contributed by atoms with Crippen LogP contribution in [0.2, 0.25) is 0 Å². The number of non-ortho nitro benzene ring substituents is 1. The van der Waals surface area contributed by atoms with Crippen molar-refractivity contribution in [3.05, 3.63) is 33.9 Å². The quantitative estimate of drug-likeness (QED) is 0.495. The summed E-state index contributed by atoms with van der Waals surface area (Å²) in [5.74, 6) is -1.87. The van der Waals surface area contributed by atoms with Crippen LogP contribution in [0.1, 0.15) is 18.9 Å². The first-order valence-corrected chi connectivity index (χ1v) is 6.86. The molecule has 1 aliphatic rings. The number of rotatable bonds is 5. The summed E-state index contributed by atoms with van der Waals surface area (Å²) in [7, 11) is 0. The summed E-state index contributed by atoms with van der Waals surface area (Å²) in [6, 6.07) is 2.95. The maximum atomic E-state index is 11.8. The molecule has 0 fully saturated rings. The van der Waals surface area contributed by atoms with Crippen LogP contribution >= 0.6 is 0 Å². The van der Waals surface area contributed by atoms with E-state index in [1.807, 2.05) is 0 Å². The monoisotopic (exact) mass is 321 g/mol. The van der Waals surface area contributed by atoms with Crippen molar-refractivity contribution in [3.63, 3.8) is 0 Å². The zero-order valence-corrected chi connectivity index (χ0v) is 12.6. The predicted molar refractivity (Wildman–Crippen MR) is 80.4 cm³/mol. The third-order valence-electron chi connectivity index (χ3n) is 3.36. The minimum absolute atomic E-state index is 0.0230. The lowest BCUT2D eigenvalue weighted by Crippen LogP contribution is -2.34. The van der Waals surface area contributed by atoms with Gasteiger partial charge in [-0.2, -0.15) is 5.10 Å². The highest BCUT2D eigenvalue weighted by atomic mass is 16.6. The van der Waals surface area contributed by atoms with E-state index < -0.39 is 22.9 Å². The van der Waals surface area contributed by atoms with E-state index in [2.05, 4.69) is 5.10 Å². The lowest BCUT2D eigenvalue weighted by Gasteiger charge is -2.21. The number of carboxylic acid groups (broad SMARTS) is 1. The van der Waals surface area contributed by atoms with Crippen LogP contribution in [0.15, 0.2) is 23.3 Å². The normalized spacial score (nSPS) is 16.9. The highest BCUT2D eigenvalue weighted by molar-refractivity contribution is 6.38. The van der Waals surface area contributed by atoms with E-state index in [0.717, 1.165) is 5.01 Å². The second-order valence-corrected chi connectivity index (χ2v) is 4.90. The maximum absolute atomic E-state index is 11.8. The molecule has 1 aromatic rings. The minimum atomic E-state index is -1.18. The van der Waals surface area contributed by atoms with E-state index in [9.17, 15) is 24.8 Å². The second-order valence-electron chi connectivity index (χ2n) is 4.90. The van der Waals surface area contributed by atoms with Crippen LogP contribution in [0.3, 0.4) is 0 Å². The topological polar surface area (TPSA) is 122 Å². The van der Waals surface area contributed by atoms with Gasteiger partial charge in [0.15, 0.2) is 6.04 Å². The number of nitro benzene ring substituents is 1. The first kappa shape index (κ1) is 16.4. The zero-order chi connectivity index (χ0) is 17.1. The van der Waals surface area contributed by atoms with Crippen LogP contribution in [-0.4, -0.2) is 40.3 Å². The molecule has 9 heteroatoms. The van der Waals surface area contributed by atoms with Crippen molar-refractivity contribution in [2.45, 2.75) is 26.3 Å². The van der Waals surface area contributed by atoms with Gasteiger partial charge < -0.3 is 9.84 Å². The summed E-state index contributed by atoms with van der Waals surface area (Å²) in [6.07, 6.45) is -0.129. The maximum Gasteiger partial charge on any atom is 0.354 e. The highest BCUT2D eigenvalue weighted by Gasteiger charge is 2.37. The fourth-order valence-corrected chi connectivity index (χ4v) is 2.22. The Morgan fingerprint density at radius 2 is 2.22 bits per heavy atom. The van der Waals surface area contributed by atoms with Crippen LogP contribution in [0, 0.1) is 17.0 Å². The fourth-order valence-electron chi connectivity index (χ4n) is 2.22. The number of nitrogens with zero attached hydrogens (tertiary/aromatic N) is 3. The molecule has 0 spiro atoms. The van der Waals surface area contributed by atoms with Crippen LogP contribution < -0.4 is 5.01 Å². The molecule has 0 aliphatic carbocycles. The molecular weight excluding hydrogens is 306 g/mol. The van der Waals surface area contributed by atoms with Gasteiger partial charge in [0, 0.05) is 18.6 Å². The molecule has 0 unspecified atom stereocenters. The van der Waals surface area contributed by atoms with Crippen molar-refractivity contribution >= 4 is 29.0 Å². The number of anilines is 1. The number of hydrogen-bond acceptors (Lipinski definition) is 7. The predicted octanol–water partition coefficient (Wildman–Crippen LogP) is 1.49. The molecule has 0 aromatic heterocycles. The average molecular weight is 321 g/mol. The molecule has 9 nitrogen and oxygen atoms in total. The number of carbonyl (C=O) groups excluding carboxylic acids is 1. The molecule has 0 bridgehead atoms. The molecule has 0 radical (unpaired) electrons. The molecular formula is C14H15N3O6. The number of carbonyl (C=O) groups is 2. The molecule has 23 heavy (non-hydrogen) atoms. The highest BCUT2D eigenvalue weighted by Crippen LogP contribution is 2.31. The standard InChI is InChI=1S/C14H15N3O6/c1-3-23-14(20)10-7-12(13(18)19)16(15-10)11-6-9(17(21)22)5-4-8(11)2/h4-6,12H,3,7H2,1-2H3,(H,18,19)/t12-/m1/s1. The average Bonchev–Trinajstić information content (AvgIpc) is 2.93. The van der Waals surface area contributed by atoms with Crippen LogP contribution in [0.25, 0.3) is 0 Å². The van der Waals surface area contributed by atoms with Gasteiger partial charge in [0.05, 0.1) is 17.2 Å². The van der Waals surface area contributed by atoms with Gasteiger partial charge in [-0.15, -0.1) is 0 Å². The number of aryl methyl sites for hydroxylation is 1. The minimum Gasteiger partial charge on any atom is -0.480 e. The number of hydrogen-bond donors (Lipinski definition) is 1. The van der Waals surface area contributed by atoms with Gasteiger partial charge in [0.2, 0.25) is 0 Å². The summed E-state index contributed by atoms with van der Waals surface area (Å²) in [5.41, 5.74) is 0.668. The van der Waals surface area contributed by atoms with Crippen LogP contribution in [-0.2, 0) is 14.3 Å². The van der Waals surface area contributed by atoms with Crippen molar-refractivity contribution in [2.75, 3.05) is 11.6 Å². The molecule has 0 saturated heterocycles. The molecule has 1 heterocycles.